The standard InChI is InChI=1S/C19H21FN2O/c1-23-19(10-2-3-18(20)14-22)11-8-17(9-12-19)16-6-4-15(13-21)5-7-16/h3-7,17H,2,8-12H2,1H3. The van der Waals surface area contributed by atoms with Gasteiger partial charge in [0.15, 0.2) is 5.83 Å². The quantitative estimate of drug-likeness (QED) is 0.737. The number of hydrogen-bond donors (Lipinski definition) is 0. The Hall–Kier alpha value is -2.17. The molecule has 0 heterocycles. The second-order valence-corrected chi connectivity index (χ2v) is 6.10. The fourth-order valence-corrected chi connectivity index (χ4v) is 3.37. The molecule has 0 unspecified atom stereocenters. The van der Waals surface area contributed by atoms with Crippen molar-refractivity contribution in [3.63, 3.8) is 0 Å². The summed E-state index contributed by atoms with van der Waals surface area (Å²) in [5.74, 6) is -0.236. The molecule has 23 heavy (non-hydrogen) atoms. The molecule has 4 heteroatoms. The van der Waals surface area contributed by atoms with Gasteiger partial charge in [0, 0.05) is 7.11 Å². The predicted octanol–water partition coefficient (Wildman–Crippen LogP) is 4.76. The number of nitriles is 2. The third-order valence-corrected chi connectivity index (χ3v) is 4.87. The minimum absolute atomic E-state index is 0.213. The number of hydrogen-bond acceptors (Lipinski definition) is 3. The lowest BCUT2D eigenvalue weighted by Gasteiger charge is -2.39. The minimum atomic E-state index is -0.720. The lowest BCUT2D eigenvalue weighted by atomic mass is 9.74. The highest BCUT2D eigenvalue weighted by molar-refractivity contribution is 5.33. The third kappa shape index (κ3) is 4.41. The summed E-state index contributed by atoms with van der Waals surface area (Å²) in [5, 5.41) is 17.3. The molecule has 1 aliphatic rings. The van der Waals surface area contributed by atoms with Crippen LogP contribution in [0.1, 0.15) is 55.6 Å². The predicted molar refractivity (Wildman–Crippen MR) is 86.1 cm³/mol. The summed E-state index contributed by atoms with van der Waals surface area (Å²) >= 11 is 0. The SMILES string of the molecule is COC1(CCC=C(F)C#N)CCC(c2ccc(C#N)cc2)CC1. The van der Waals surface area contributed by atoms with Gasteiger partial charge in [0.05, 0.1) is 17.2 Å². The lowest BCUT2D eigenvalue weighted by molar-refractivity contribution is -0.0483. The lowest BCUT2D eigenvalue weighted by Crippen LogP contribution is -2.35. The largest absolute Gasteiger partial charge is 0.378 e. The van der Waals surface area contributed by atoms with Crippen molar-refractivity contribution in [1.29, 1.82) is 10.5 Å². The Labute approximate surface area is 137 Å². The second-order valence-electron chi connectivity index (χ2n) is 6.10. The Bertz CT molecular complexity index is 629. The van der Waals surface area contributed by atoms with E-state index in [1.807, 2.05) is 24.3 Å². The van der Waals surface area contributed by atoms with Gasteiger partial charge < -0.3 is 4.74 Å². The highest BCUT2D eigenvalue weighted by atomic mass is 19.1. The second kappa shape index (κ2) is 7.90. The van der Waals surface area contributed by atoms with Crippen LogP contribution in [0.25, 0.3) is 0 Å². The molecule has 1 saturated carbocycles. The van der Waals surface area contributed by atoms with E-state index in [0.29, 0.717) is 17.9 Å². The summed E-state index contributed by atoms with van der Waals surface area (Å²) < 4.78 is 18.6. The van der Waals surface area contributed by atoms with Crippen LogP contribution in [0.4, 0.5) is 4.39 Å². The van der Waals surface area contributed by atoms with Gasteiger partial charge in [-0.05, 0) is 68.2 Å². The average molecular weight is 312 g/mol. The van der Waals surface area contributed by atoms with Crippen LogP contribution in [-0.2, 0) is 4.74 Å². The highest BCUT2D eigenvalue weighted by Crippen LogP contribution is 2.42. The van der Waals surface area contributed by atoms with Crippen molar-refractivity contribution in [3.05, 3.63) is 47.3 Å². The smallest absolute Gasteiger partial charge is 0.196 e. The van der Waals surface area contributed by atoms with Crippen LogP contribution in [0, 0.1) is 22.7 Å². The van der Waals surface area contributed by atoms with Crippen LogP contribution in [0.15, 0.2) is 36.2 Å². The number of halogens is 1. The van der Waals surface area contributed by atoms with Crippen LogP contribution in [0.3, 0.4) is 0 Å². The molecule has 1 aromatic rings. The van der Waals surface area contributed by atoms with Crippen molar-refractivity contribution < 1.29 is 9.13 Å². The molecule has 0 saturated heterocycles. The number of rotatable bonds is 5. The van der Waals surface area contributed by atoms with Gasteiger partial charge in [-0.1, -0.05) is 12.1 Å². The first-order chi connectivity index (χ1) is 11.1. The van der Waals surface area contributed by atoms with Gasteiger partial charge in [-0.25, -0.2) is 0 Å². The summed E-state index contributed by atoms with van der Waals surface area (Å²) in [5.41, 5.74) is 1.74. The summed E-state index contributed by atoms with van der Waals surface area (Å²) in [6.07, 6.45) is 6.49. The Morgan fingerprint density at radius 3 is 2.48 bits per heavy atom. The van der Waals surface area contributed by atoms with Gasteiger partial charge in [-0.15, -0.1) is 0 Å². The third-order valence-electron chi connectivity index (χ3n) is 4.87. The number of benzene rings is 1. The zero-order valence-electron chi connectivity index (χ0n) is 13.4. The van der Waals surface area contributed by atoms with E-state index in [0.717, 1.165) is 32.1 Å². The molecule has 0 amide bonds. The minimum Gasteiger partial charge on any atom is -0.378 e. The van der Waals surface area contributed by atoms with Gasteiger partial charge in [0.1, 0.15) is 6.07 Å². The number of methoxy groups -OCH3 is 1. The number of nitrogens with zero attached hydrogens (tertiary/aromatic N) is 2. The van der Waals surface area contributed by atoms with E-state index in [9.17, 15) is 4.39 Å². The molecule has 1 aliphatic carbocycles. The molecular weight excluding hydrogens is 291 g/mol. The van der Waals surface area contributed by atoms with E-state index < -0.39 is 5.83 Å². The van der Waals surface area contributed by atoms with Crippen molar-refractivity contribution in [2.75, 3.05) is 7.11 Å². The molecule has 0 bridgehead atoms. The average Bonchev–Trinajstić information content (AvgIpc) is 2.62. The van der Waals surface area contributed by atoms with Gasteiger partial charge in [-0.2, -0.15) is 14.9 Å². The first kappa shape index (κ1) is 17.2. The number of allylic oxidation sites excluding steroid dienone is 2. The van der Waals surface area contributed by atoms with E-state index in [2.05, 4.69) is 6.07 Å². The molecule has 0 aromatic heterocycles. The van der Waals surface area contributed by atoms with Crippen molar-refractivity contribution in [2.24, 2.45) is 0 Å². The summed E-state index contributed by atoms with van der Waals surface area (Å²) in [7, 11) is 1.71. The topological polar surface area (TPSA) is 56.8 Å². The fraction of sp³-hybridized carbons (Fsp3) is 0.474. The van der Waals surface area contributed by atoms with Crippen LogP contribution in [0.5, 0.6) is 0 Å². The Morgan fingerprint density at radius 2 is 1.96 bits per heavy atom. The molecule has 0 spiro atoms. The molecule has 1 fully saturated rings. The monoisotopic (exact) mass is 312 g/mol. The van der Waals surface area contributed by atoms with Crippen LogP contribution >= 0.6 is 0 Å². The van der Waals surface area contributed by atoms with Gasteiger partial charge in [0.2, 0.25) is 0 Å². The Balaban J connectivity index is 1.94. The number of ether oxygens (including phenoxy) is 1. The molecule has 0 aliphatic heterocycles. The van der Waals surface area contributed by atoms with Gasteiger partial charge in [-0.3, -0.25) is 0 Å². The zero-order chi connectivity index (χ0) is 16.7. The first-order valence-corrected chi connectivity index (χ1v) is 7.93. The van der Waals surface area contributed by atoms with E-state index in [1.165, 1.54) is 17.7 Å². The van der Waals surface area contributed by atoms with E-state index >= 15 is 0 Å². The van der Waals surface area contributed by atoms with E-state index in [4.69, 9.17) is 15.3 Å². The van der Waals surface area contributed by atoms with Gasteiger partial charge >= 0.3 is 0 Å². The molecule has 0 radical (unpaired) electrons. The molecule has 0 N–H and O–H groups in total. The van der Waals surface area contributed by atoms with Crippen molar-refractivity contribution in [3.8, 4) is 12.1 Å². The Morgan fingerprint density at radius 1 is 1.30 bits per heavy atom. The van der Waals surface area contributed by atoms with Crippen molar-refractivity contribution in [2.45, 2.75) is 50.0 Å². The van der Waals surface area contributed by atoms with Crippen molar-refractivity contribution >= 4 is 0 Å². The maximum absolute atomic E-state index is 12.9. The molecular formula is C19H21FN2O. The molecule has 2 rings (SSSR count). The summed E-state index contributed by atoms with van der Waals surface area (Å²) in [6, 6.07) is 11.4. The van der Waals surface area contributed by atoms with Gasteiger partial charge in [0.25, 0.3) is 0 Å². The molecule has 0 atom stereocenters. The summed E-state index contributed by atoms with van der Waals surface area (Å²) in [4.78, 5) is 0. The van der Waals surface area contributed by atoms with Crippen LogP contribution in [0.2, 0.25) is 0 Å². The van der Waals surface area contributed by atoms with E-state index in [1.54, 1.807) is 7.11 Å². The molecule has 120 valence electrons. The molecule has 1 aromatic carbocycles. The molecule has 3 nitrogen and oxygen atoms in total. The highest BCUT2D eigenvalue weighted by Gasteiger charge is 2.35. The van der Waals surface area contributed by atoms with E-state index in [-0.39, 0.29) is 5.60 Å². The summed E-state index contributed by atoms with van der Waals surface area (Å²) in [6.45, 7) is 0. The Kier molecular flexibility index (Phi) is 5.90. The van der Waals surface area contributed by atoms with Crippen LogP contribution in [-0.4, -0.2) is 12.7 Å². The first-order valence-electron chi connectivity index (χ1n) is 7.93. The van der Waals surface area contributed by atoms with Crippen molar-refractivity contribution in [1.82, 2.24) is 0 Å². The fourth-order valence-electron chi connectivity index (χ4n) is 3.37. The maximum atomic E-state index is 12.9. The zero-order valence-corrected chi connectivity index (χ0v) is 13.4. The van der Waals surface area contributed by atoms with Crippen LogP contribution < -0.4 is 0 Å². The maximum Gasteiger partial charge on any atom is 0.196 e. The normalized spacial score (nSPS) is 24.7.